The van der Waals surface area contributed by atoms with Gasteiger partial charge in [-0.2, -0.15) is 0 Å². The minimum absolute atomic E-state index is 0.00801. The molecule has 4 nitrogen and oxygen atoms in total. The van der Waals surface area contributed by atoms with Crippen LogP contribution >= 0.6 is 0 Å². The first-order valence-corrected chi connectivity index (χ1v) is 5.26. The Kier molecular flexibility index (Phi) is 4.63. The van der Waals surface area contributed by atoms with Gasteiger partial charge in [0.1, 0.15) is 5.82 Å². The van der Waals surface area contributed by atoms with Crippen molar-refractivity contribution in [1.82, 2.24) is 0 Å². The topological polar surface area (TPSA) is 55.4 Å². The first-order valence-electron chi connectivity index (χ1n) is 5.26. The Morgan fingerprint density at radius 3 is 2.71 bits per heavy atom. The Labute approximate surface area is 98.8 Å². The van der Waals surface area contributed by atoms with E-state index in [1.54, 1.807) is 0 Å². The molecule has 0 unspecified atom stereocenters. The van der Waals surface area contributed by atoms with E-state index < -0.39 is 11.8 Å². The number of nitrogens with one attached hydrogen (secondary N) is 1. The Morgan fingerprint density at radius 1 is 1.41 bits per heavy atom. The van der Waals surface area contributed by atoms with Gasteiger partial charge in [-0.05, 0) is 24.6 Å². The third-order valence-corrected chi connectivity index (χ3v) is 2.14. The monoisotopic (exact) mass is 239 g/mol. The van der Waals surface area contributed by atoms with Gasteiger partial charge in [-0.15, -0.1) is 0 Å². The Morgan fingerprint density at radius 2 is 2.12 bits per heavy atom. The van der Waals surface area contributed by atoms with Crippen LogP contribution in [0.15, 0.2) is 18.2 Å². The summed E-state index contributed by atoms with van der Waals surface area (Å²) in [6.07, 6.45) is 0.978. The zero-order valence-electron chi connectivity index (χ0n) is 9.75. The van der Waals surface area contributed by atoms with E-state index in [2.05, 4.69) is 10.1 Å². The number of halogens is 1. The summed E-state index contributed by atoms with van der Waals surface area (Å²) in [6, 6.07) is 3.68. The minimum atomic E-state index is -0.581. The number of hydrogen-bond donors (Lipinski definition) is 1. The van der Waals surface area contributed by atoms with Crippen LogP contribution in [0.4, 0.5) is 10.1 Å². The minimum Gasteiger partial charge on any atom is -0.465 e. The molecule has 92 valence electrons. The second kappa shape index (κ2) is 5.98. The Hall–Kier alpha value is -1.91. The summed E-state index contributed by atoms with van der Waals surface area (Å²) in [5.74, 6) is -1.44. The van der Waals surface area contributed by atoms with E-state index >= 15 is 0 Å². The molecule has 0 atom stereocenters. The molecule has 1 N–H and O–H groups in total. The molecule has 5 heteroatoms. The SMILES string of the molecule is CCCC(=O)Nc1cc(C(=O)OC)ccc1F. The lowest BCUT2D eigenvalue weighted by atomic mass is 10.2. The average molecular weight is 239 g/mol. The van der Waals surface area contributed by atoms with Crippen LogP contribution in [0, 0.1) is 5.82 Å². The fraction of sp³-hybridized carbons (Fsp3) is 0.333. The first kappa shape index (κ1) is 13.2. The van der Waals surface area contributed by atoms with Gasteiger partial charge in [-0.3, -0.25) is 4.79 Å². The van der Waals surface area contributed by atoms with Crippen LogP contribution in [0.1, 0.15) is 30.1 Å². The van der Waals surface area contributed by atoms with Crippen LogP contribution in [0.3, 0.4) is 0 Å². The number of ether oxygens (including phenoxy) is 1. The molecule has 0 heterocycles. The lowest BCUT2D eigenvalue weighted by Gasteiger charge is -2.07. The van der Waals surface area contributed by atoms with E-state index in [0.717, 1.165) is 6.07 Å². The van der Waals surface area contributed by atoms with Crippen LogP contribution in [-0.2, 0) is 9.53 Å². The molecule has 0 aliphatic heterocycles. The number of anilines is 1. The van der Waals surface area contributed by atoms with Crippen molar-refractivity contribution >= 4 is 17.6 Å². The molecule has 0 aliphatic carbocycles. The van der Waals surface area contributed by atoms with E-state index in [9.17, 15) is 14.0 Å². The zero-order chi connectivity index (χ0) is 12.8. The van der Waals surface area contributed by atoms with Gasteiger partial charge in [-0.25, -0.2) is 9.18 Å². The molecule has 0 radical (unpaired) electrons. The summed E-state index contributed by atoms with van der Waals surface area (Å²) in [4.78, 5) is 22.6. The Bertz CT molecular complexity index is 432. The number of rotatable bonds is 4. The third-order valence-electron chi connectivity index (χ3n) is 2.14. The molecule has 0 fully saturated rings. The molecular formula is C12H14FNO3. The van der Waals surface area contributed by atoms with E-state index in [1.165, 1.54) is 19.2 Å². The number of hydrogen-bond acceptors (Lipinski definition) is 3. The molecule has 1 rings (SSSR count). The summed E-state index contributed by atoms with van der Waals surface area (Å²) in [6.45, 7) is 1.85. The summed E-state index contributed by atoms with van der Waals surface area (Å²) in [5.41, 5.74) is 0.187. The fourth-order valence-corrected chi connectivity index (χ4v) is 1.31. The zero-order valence-corrected chi connectivity index (χ0v) is 9.75. The predicted molar refractivity (Wildman–Crippen MR) is 61.3 cm³/mol. The number of carbonyl (C=O) groups excluding carboxylic acids is 2. The highest BCUT2D eigenvalue weighted by Crippen LogP contribution is 2.17. The van der Waals surface area contributed by atoms with Gasteiger partial charge in [0.25, 0.3) is 0 Å². The Balaban J connectivity index is 2.90. The maximum absolute atomic E-state index is 13.4. The van der Waals surface area contributed by atoms with Gasteiger partial charge >= 0.3 is 5.97 Å². The summed E-state index contributed by atoms with van der Waals surface area (Å²) in [7, 11) is 1.24. The molecule has 0 bridgehead atoms. The molecule has 0 saturated heterocycles. The van der Waals surface area contributed by atoms with Gasteiger partial charge in [0, 0.05) is 6.42 Å². The van der Waals surface area contributed by atoms with Crippen molar-refractivity contribution in [2.45, 2.75) is 19.8 Å². The lowest BCUT2D eigenvalue weighted by molar-refractivity contribution is -0.116. The highest BCUT2D eigenvalue weighted by Gasteiger charge is 2.11. The molecule has 0 aliphatic rings. The van der Waals surface area contributed by atoms with Gasteiger partial charge in [0.15, 0.2) is 0 Å². The van der Waals surface area contributed by atoms with Crippen LogP contribution in [0.2, 0.25) is 0 Å². The highest BCUT2D eigenvalue weighted by molar-refractivity contribution is 5.94. The van der Waals surface area contributed by atoms with E-state index in [4.69, 9.17) is 0 Å². The summed E-state index contributed by atoms with van der Waals surface area (Å²) < 4.78 is 17.9. The van der Waals surface area contributed by atoms with Crippen molar-refractivity contribution in [2.75, 3.05) is 12.4 Å². The summed E-state index contributed by atoms with van der Waals surface area (Å²) >= 11 is 0. The number of carbonyl (C=O) groups is 2. The van der Waals surface area contributed by atoms with Gasteiger partial charge in [0.2, 0.25) is 5.91 Å². The number of methoxy groups -OCH3 is 1. The van der Waals surface area contributed by atoms with Crippen LogP contribution in [0.5, 0.6) is 0 Å². The molecule has 17 heavy (non-hydrogen) atoms. The predicted octanol–water partition coefficient (Wildman–Crippen LogP) is 2.35. The molecular weight excluding hydrogens is 225 g/mol. The average Bonchev–Trinajstić information content (AvgIpc) is 2.31. The van der Waals surface area contributed by atoms with Crippen molar-refractivity contribution in [3.05, 3.63) is 29.6 Å². The standard InChI is InChI=1S/C12H14FNO3/c1-3-4-11(15)14-10-7-8(12(16)17-2)5-6-9(10)13/h5-7H,3-4H2,1-2H3,(H,14,15). The maximum Gasteiger partial charge on any atom is 0.337 e. The van der Waals surface area contributed by atoms with E-state index in [0.29, 0.717) is 12.8 Å². The number of esters is 1. The third kappa shape index (κ3) is 3.55. The normalized spacial score (nSPS) is 9.82. The quantitative estimate of drug-likeness (QED) is 0.820. The van der Waals surface area contributed by atoms with Gasteiger partial charge in [0.05, 0.1) is 18.4 Å². The smallest absolute Gasteiger partial charge is 0.337 e. The van der Waals surface area contributed by atoms with Crippen LogP contribution < -0.4 is 5.32 Å². The van der Waals surface area contributed by atoms with Gasteiger partial charge < -0.3 is 10.1 Å². The molecule has 1 aromatic carbocycles. The van der Waals surface area contributed by atoms with Crippen molar-refractivity contribution in [1.29, 1.82) is 0 Å². The second-order valence-corrected chi connectivity index (χ2v) is 3.48. The van der Waals surface area contributed by atoms with Crippen molar-refractivity contribution in [3.8, 4) is 0 Å². The maximum atomic E-state index is 13.4. The highest BCUT2D eigenvalue weighted by atomic mass is 19.1. The molecule has 0 saturated carbocycles. The number of benzene rings is 1. The van der Waals surface area contributed by atoms with Gasteiger partial charge in [-0.1, -0.05) is 6.92 Å². The fourth-order valence-electron chi connectivity index (χ4n) is 1.31. The largest absolute Gasteiger partial charge is 0.465 e. The second-order valence-electron chi connectivity index (χ2n) is 3.48. The molecule has 1 amide bonds. The van der Waals surface area contributed by atoms with E-state index in [-0.39, 0.29) is 17.2 Å². The van der Waals surface area contributed by atoms with Crippen molar-refractivity contribution < 1.29 is 18.7 Å². The van der Waals surface area contributed by atoms with Crippen LogP contribution in [-0.4, -0.2) is 19.0 Å². The summed E-state index contributed by atoms with van der Waals surface area (Å²) in [5, 5.41) is 2.41. The first-order chi connectivity index (χ1) is 8.08. The van der Waals surface area contributed by atoms with Crippen LogP contribution in [0.25, 0.3) is 0 Å². The number of amides is 1. The molecule has 0 aromatic heterocycles. The molecule has 1 aromatic rings. The van der Waals surface area contributed by atoms with Crippen molar-refractivity contribution in [2.24, 2.45) is 0 Å². The van der Waals surface area contributed by atoms with E-state index in [1.807, 2.05) is 6.92 Å². The molecule has 0 spiro atoms. The lowest BCUT2D eigenvalue weighted by Crippen LogP contribution is -2.13. The van der Waals surface area contributed by atoms with Crippen molar-refractivity contribution in [3.63, 3.8) is 0 Å².